The van der Waals surface area contributed by atoms with E-state index >= 15 is 0 Å². The summed E-state index contributed by atoms with van der Waals surface area (Å²) in [5.41, 5.74) is 0.916. The number of hydrogen-bond acceptors (Lipinski definition) is 3. The SMILES string of the molecule is C#CCN(CC(=O)O)C(C)c1ccc(O)cc1. The lowest BCUT2D eigenvalue weighted by atomic mass is 10.1. The topological polar surface area (TPSA) is 60.8 Å². The first-order valence-electron chi connectivity index (χ1n) is 5.23. The predicted octanol–water partition coefficient (Wildman–Crippen LogP) is 1.47. The van der Waals surface area contributed by atoms with Crippen molar-refractivity contribution in [3.8, 4) is 18.1 Å². The predicted molar refractivity (Wildman–Crippen MR) is 64.6 cm³/mol. The van der Waals surface area contributed by atoms with E-state index in [0.29, 0.717) is 0 Å². The Morgan fingerprint density at radius 2 is 2.06 bits per heavy atom. The van der Waals surface area contributed by atoms with Gasteiger partial charge in [0.05, 0.1) is 13.1 Å². The quantitative estimate of drug-likeness (QED) is 0.756. The van der Waals surface area contributed by atoms with E-state index in [9.17, 15) is 9.90 Å². The summed E-state index contributed by atoms with van der Waals surface area (Å²) in [4.78, 5) is 12.4. The monoisotopic (exact) mass is 233 g/mol. The van der Waals surface area contributed by atoms with Gasteiger partial charge in [-0.05, 0) is 24.6 Å². The fraction of sp³-hybridized carbons (Fsp3) is 0.308. The van der Waals surface area contributed by atoms with Gasteiger partial charge in [-0.25, -0.2) is 0 Å². The summed E-state index contributed by atoms with van der Waals surface area (Å²) in [6, 6.07) is 6.54. The standard InChI is InChI=1S/C13H15NO3/c1-3-8-14(9-13(16)17)10(2)11-4-6-12(15)7-5-11/h1,4-7,10,15H,8-9H2,2H3,(H,16,17). The first-order chi connectivity index (χ1) is 8.04. The molecule has 0 bridgehead atoms. The number of rotatable bonds is 5. The van der Waals surface area contributed by atoms with Crippen LogP contribution in [-0.4, -0.2) is 34.2 Å². The average molecular weight is 233 g/mol. The third kappa shape index (κ3) is 3.82. The van der Waals surface area contributed by atoms with Crippen molar-refractivity contribution in [2.24, 2.45) is 0 Å². The molecule has 0 radical (unpaired) electrons. The summed E-state index contributed by atoms with van der Waals surface area (Å²) in [5.74, 6) is 1.72. The molecule has 2 N–H and O–H groups in total. The highest BCUT2D eigenvalue weighted by atomic mass is 16.4. The van der Waals surface area contributed by atoms with Crippen molar-refractivity contribution in [2.45, 2.75) is 13.0 Å². The second kappa shape index (κ2) is 5.92. The molecule has 1 aromatic rings. The van der Waals surface area contributed by atoms with Crippen molar-refractivity contribution in [3.05, 3.63) is 29.8 Å². The Kier molecular flexibility index (Phi) is 4.56. The highest BCUT2D eigenvalue weighted by Gasteiger charge is 2.17. The molecule has 1 unspecified atom stereocenters. The second-order valence-corrected chi connectivity index (χ2v) is 3.77. The molecule has 0 fully saturated rings. The van der Waals surface area contributed by atoms with Crippen molar-refractivity contribution in [1.29, 1.82) is 0 Å². The first-order valence-corrected chi connectivity index (χ1v) is 5.23. The molecule has 0 aliphatic heterocycles. The molecule has 1 rings (SSSR count). The number of carboxylic acids is 1. The lowest BCUT2D eigenvalue weighted by Crippen LogP contribution is -2.32. The Balaban J connectivity index is 2.83. The molecule has 17 heavy (non-hydrogen) atoms. The molecular formula is C13H15NO3. The minimum absolute atomic E-state index is 0.105. The van der Waals surface area contributed by atoms with Gasteiger partial charge in [0.2, 0.25) is 0 Å². The fourth-order valence-corrected chi connectivity index (χ4v) is 1.58. The van der Waals surface area contributed by atoms with Crippen LogP contribution in [0.15, 0.2) is 24.3 Å². The zero-order chi connectivity index (χ0) is 12.8. The van der Waals surface area contributed by atoms with Gasteiger partial charge >= 0.3 is 5.97 Å². The fourth-order valence-electron chi connectivity index (χ4n) is 1.58. The summed E-state index contributed by atoms with van der Waals surface area (Å²) in [6.07, 6.45) is 5.22. The van der Waals surface area contributed by atoms with Gasteiger partial charge in [-0.2, -0.15) is 0 Å². The third-order valence-electron chi connectivity index (χ3n) is 2.56. The van der Waals surface area contributed by atoms with Gasteiger partial charge in [0.1, 0.15) is 5.75 Å². The van der Waals surface area contributed by atoms with Crippen LogP contribution >= 0.6 is 0 Å². The van der Waals surface area contributed by atoms with E-state index in [4.69, 9.17) is 11.5 Å². The largest absolute Gasteiger partial charge is 0.508 e. The van der Waals surface area contributed by atoms with Gasteiger partial charge in [0, 0.05) is 6.04 Å². The van der Waals surface area contributed by atoms with Gasteiger partial charge in [-0.1, -0.05) is 18.1 Å². The third-order valence-corrected chi connectivity index (χ3v) is 2.56. The highest BCUT2D eigenvalue weighted by molar-refractivity contribution is 5.69. The van der Waals surface area contributed by atoms with Crippen LogP contribution in [0.4, 0.5) is 0 Å². The van der Waals surface area contributed by atoms with Crippen LogP contribution in [0.25, 0.3) is 0 Å². The lowest BCUT2D eigenvalue weighted by Gasteiger charge is -2.25. The van der Waals surface area contributed by atoms with Gasteiger partial charge < -0.3 is 10.2 Å². The van der Waals surface area contributed by atoms with Crippen LogP contribution in [0, 0.1) is 12.3 Å². The van der Waals surface area contributed by atoms with Crippen molar-refractivity contribution in [3.63, 3.8) is 0 Å². The van der Waals surface area contributed by atoms with Crippen LogP contribution in [-0.2, 0) is 4.79 Å². The van der Waals surface area contributed by atoms with E-state index < -0.39 is 5.97 Å². The highest BCUT2D eigenvalue weighted by Crippen LogP contribution is 2.21. The van der Waals surface area contributed by atoms with E-state index in [1.54, 1.807) is 29.2 Å². The van der Waals surface area contributed by atoms with E-state index in [1.807, 2.05) is 6.92 Å². The number of terminal acetylenes is 1. The molecule has 0 saturated heterocycles. The van der Waals surface area contributed by atoms with Crippen molar-refractivity contribution >= 4 is 5.97 Å². The number of aliphatic carboxylic acids is 1. The number of carboxylic acid groups (broad SMARTS) is 1. The molecule has 0 aliphatic carbocycles. The van der Waals surface area contributed by atoms with Crippen molar-refractivity contribution < 1.29 is 15.0 Å². The number of carbonyl (C=O) groups is 1. The summed E-state index contributed by atoms with van der Waals surface area (Å²) in [7, 11) is 0. The number of phenols is 1. The van der Waals surface area contributed by atoms with Crippen LogP contribution in [0.2, 0.25) is 0 Å². The van der Waals surface area contributed by atoms with Crippen LogP contribution in [0.3, 0.4) is 0 Å². The number of aromatic hydroxyl groups is 1. The molecule has 0 amide bonds. The number of phenolic OH excluding ortho intramolecular Hbond substituents is 1. The van der Waals surface area contributed by atoms with Crippen LogP contribution < -0.4 is 0 Å². The summed E-state index contributed by atoms with van der Waals surface area (Å²) < 4.78 is 0. The molecule has 0 saturated carbocycles. The number of nitrogens with zero attached hydrogens (tertiary/aromatic N) is 1. The van der Waals surface area contributed by atoms with Gasteiger partial charge in [0.25, 0.3) is 0 Å². The van der Waals surface area contributed by atoms with Gasteiger partial charge in [-0.3, -0.25) is 9.69 Å². The van der Waals surface area contributed by atoms with E-state index in [0.717, 1.165) is 5.56 Å². The van der Waals surface area contributed by atoms with Crippen molar-refractivity contribution in [1.82, 2.24) is 4.90 Å². The van der Waals surface area contributed by atoms with Crippen LogP contribution in [0.1, 0.15) is 18.5 Å². The average Bonchev–Trinajstić information content (AvgIpc) is 2.28. The molecule has 0 aliphatic rings. The number of benzene rings is 1. The summed E-state index contributed by atoms with van der Waals surface area (Å²) in [5, 5.41) is 18.0. The smallest absolute Gasteiger partial charge is 0.317 e. The molecule has 1 atom stereocenters. The maximum atomic E-state index is 10.7. The maximum Gasteiger partial charge on any atom is 0.317 e. The Labute approximate surface area is 100 Å². The Bertz CT molecular complexity index is 419. The van der Waals surface area contributed by atoms with E-state index in [-0.39, 0.29) is 24.9 Å². The molecule has 1 aromatic carbocycles. The molecule has 4 heteroatoms. The van der Waals surface area contributed by atoms with Crippen molar-refractivity contribution in [2.75, 3.05) is 13.1 Å². The van der Waals surface area contributed by atoms with Gasteiger partial charge in [-0.15, -0.1) is 6.42 Å². The first kappa shape index (κ1) is 13.1. The number of hydrogen-bond donors (Lipinski definition) is 2. The second-order valence-electron chi connectivity index (χ2n) is 3.77. The molecule has 90 valence electrons. The summed E-state index contributed by atoms with van der Waals surface area (Å²) in [6.45, 7) is 2.05. The van der Waals surface area contributed by atoms with E-state index in [1.165, 1.54) is 0 Å². The van der Waals surface area contributed by atoms with E-state index in [2.05, 4.69) is 5.92 Å². The molecule has 4 nitrogen and oxygen atoms in total. The molecular weight excluding hydrogens is 218 g/mol. The molecule has 0 heterocycles. The minimum Gasteiger partial charge on any atom is -0.508 e. The zero-order valence-corrected chi connectivity index (χ0v) is 9.63. The molecule has 0 spiro atoms. The summed E-state index contributed by atoms with van der Waals surface area (Å²) >= 11 is 0. The maximum absolute atomic E-state index is 10.7. The van der Waals surface area contributed by atoms with Crippen LogP contribution in [0.5, 0.6) is 5.75 Å². The zero-order valence-electron chi connectivity index (χ0n) is 9.63. The molecule has 0 aromatic heterocycles. The van der Waals surface area contributed by atoms with Gasteiger partial charge in [0.15, 0.2) is 0 Å². The normalized spacial score (nSPS) is 12.1. The Hall–Kier alpha value is -1.99. The lowest BCUT2D eigenvalue weighted by molar-refractivity contribution is -0.138. The minimum atomic E-state index is -0.911. The Morgan fingerprint density at radius 1 is 1.47 bits per heavy atom. The Morgan fingerprint density at radius 3 is 2.53 bits per heavy atom.